The van der Waals surface area contributed by atoms with Crippen molar-refractivity contribution in [2.75, 3.05) is 34.3 Å². The zero-order valence-corrected chi connectivity index (χ0v) is 17.9. The predicted molar refractivity (Wildman–Crippen MR) is 118 cm³/mol. The van der Waals surface area contributed by atoms with E-state index in [1.807, 2.05) is 80.5 Å². The molecule has 2 aromatic rings. The van der Waals surface area contributed by atoms with Gasteiger partial charge in [0.05, 0.1) is 13.7 Å². The van der Waals surface area contributed by atoms with Crippen LogP contribution in [0, 0.1) is 0 Å². The molecule has 0 saturated heterocycles. The molecule has 6 heteroatoms. The minimum atomic E-state index is 0.0841. The highest BCUT2D eigenvalue weighted by Crippen LogP contribution is 2.18. The summed E-state index contributed by atoms with van der Waals surface area (Å²) in [5, 5.41) is 3.29. The number of para-hydroxylation sites is 1. The first-order valence-corrected chi connectivity index (χ1v) is 9.94. The number of aliphatic imine (C=N–C) groups is 1. The topological polar surface area (TPSA) is 57.2 Å². The zero-order valence-electron chi connectivity index (χ0n) is 17.9. The van der Waals surface area contributed by atoms with Crippen LogP contribution in [0.4, 0.5) is 0 Å². The third-order valence-electron chi connectivity index (χ3n) is 4.57. The van der Waals surface area contributed by atoms with Gasteiger partial charge in [-0.15, -0.1) is 0 Å². The van der Waals surface area contributed by atoms with E-state index in [2.05, 4.69) is 10.3 Å². The van der Waals surface area contributed by atoms with E-state index in [1.54, 1.807) is 12.0 Å². The van der Waals surface area contributed by atoms with E-state index >= 15 is 0 Å². The summed E-state index contributed by atoms with van der Waals surface area (Å²) in [7, 11) is 5.49. The number of hydrogen-bond donors (Lipinski definition) is 1. The van der Waals surface area contributed by atoms with E-state index in [0.29, 0.717) is 26.1 Å². The van der Waals surface area contributed by atoms with Crippen LogP contribution in [0.3, 0.4) is 0 Å². The summed E-state index contributed by atoms with van der Waals surface area (Å²) in [4.78, 5) is 20.9. The average molecular weight is 397 g/mol. The summed E-state index contributed by atoms with van der Waals surface area (Å²) >= 11 is 0. The van der Waals surface area contributed by atoms with Crippen LogP contribution in [0.1, 0.15) is 24.5 Å². The number of benzene rings is 2. The van der Waals surface area contributed by atoms with Crippen LogP contribution in [0.15, 0.2) is 59.6 Å². The Morgan fingerprint density at radius 2 is 1.69 bits per heavy atom. The van der Waals surface area contributed by atoms with Gasteiger partial charge in [0.25, 0.3) is 0 Å². The third kappa shape index (κ3) is 7.14. The highest BCUT2D eigenvalue weighted by molar-refractivity contribution is 5.80. The second-order valence-electron chi connectivity index (χ2n) is 6.89. The number of rotatable bonds is 9. The van der Waals surface area contributed by atoms with Crippen LogP contribution in [0.25, 0.3) is 0 Å². The second kappa shape index (κ2) is 11.7. The Morgan fingerprint density at radius 3 is 2.38 bits per heavy atom. The van der Waals surface area contributed by atoms with E-state index in [9.17, 15) is 4.79 Å². The number of carbonyl (C=O) groups excluding carboxylic acids is 1. The Morgan fingerprint density at radius 1 is 1.00 bits per heavy atom. The van der Waals surface area contributed by atoms with Gasteiger partial charge in [0.1, 0.15) is 5.75 Å². The lowest BCUT2D eigenvalue weighted by atomic mass is 10.2. The van der Waals surface area contributed by atoms with E-state index in [4.69, 9.17) is 4.74 Å². The van der Waals surface area contributed by atoms with Crippen molar-refractivity contribution in [1.82, 2.24) is 15.1 Å². The molecule has 2 rings (SSSR count). The fourth-order valence-corrected chi connectivity index (χ4v) is 3.03. The highest BCUT2D eigenvalue weighted by atomic mass is 16.5. The van der Waals surface area contributed by atoms with Crippen LogP contribution in [0.5, 0.6) is 5.75 Å². The van der Waals surface area contributed by atoms with Crippen LogP contribution in [0.2, 0.25) is 0 Å². The highest BCUT2D eigenvalue weighted by Gasteiger charge is 2.12. The molecule has 2 aromatic carbocycles. The maximum atomic E-state index is 12.4. The van der Waals surface area contributed by atoms with E-state index < -0.39 is 0 Å². The van der Waals surface area contributed by atoms with Crippen LogP contribution in [-0.4, -0.2) is 56.0 Å². The molecule has 0 bridgehead atoms. The number of nitrogens with zero attached hydrogens (tertiary/aromatic N) is 3. The van der Waals surface area contributed by atoms with Crippen molar-refractivity contribution in [1.29, 1.82) is 0 Å². The van der Waals surface area contributed by atoms with E-state index in [1.165, 1.54) is 0 Å². The Bertz CT molecular complexity index is 792. The van der Waals surface area contributed by atoms with Gasteiger partial charge < -0.3 is 19.9 Å². The van der Waals surface area contributed by atoms with Crippen LogP contribution >= 0.6 is 0 Å². The van der Waals surface area contributed by atoms with Crippen LogP contribution in [-0.2, 0) is 17.9 Å². The minimum absolute atomic E-state index is 0.0841. The van der Waals surface area contributed by atoms with Gasteiger partial charge in [0.15, 0.2) is 5.96 Å². The number of methoxy groups -OCH3 is 1. The number of guanidine groups is 1. The van der Waals surface area contributed by atoms with Crippen molar-refractivity contribution < 1.29 is 9.53 Å². The molecule has 0 aliphatic heterocycles. The fourth-order valence-electron chi connectivity index (χ4n) is 3.03. The monoisotopic (exact) mass is 396 g/mol. The molecular formula is C23H32N4O2. The molecule has 0 fully saturated rings. The SMILES string of the molecule is CCNC(=NCCC(=O)N(C)Cc1ccccc1)N(C)Cc1ccccc1OC. The molecule has 0 unspecified atom stereocenters. The fraction of sp³-hybridized carbons (Fsp3) is 0.391. The first-order chi connectivity index (χ1) is 14.0. The smallest absolute Gasteiger partial charge is 0.224 e. The van der Waals surface area contributed by atoms with Crippen molar-refractivity contribution in [2.24, 2.45) is 4.99 Å². The summed E-state index contributed by atoms with van der Waals surface area (Å²) < 4.78 is 5.44. The zero-order chi connectivity index (χ0) is 21.1. The van der Waals surface area contributed by atoms with Gasteiger partial charge in [-0.25, -0.2) is 0 Å². The van der Waals surface area contributed by atoms with E-state index in [-0.39, 0.29) is 5.91 Å². The average Bonchev–Trinajstić information content (AvgIpc) is 2.74. The largest absolute Gasteiger partial charge is 0.496 e. The lowest BCUT2D eigenvalue weighted by Crippen LogP contribution is -2.38. The number of hydrogen-bond acceptors (Lipinski definition) is 3. The second-order valence-corrected chi connectivity index (χ2v) is 6.89. The Balaban J connectivity index is 1.92. The summed E-state index contributed by atoms with van der Waals surface area (Å²) in [6, 6.07) is 17.9. The van der Waals surface area contributed by atoms with Gasteiger partial charge in [0, 0.05) is 45.7 Å². The number of amides is 1. The minimum Gasteiger partial charge on any atom is -0.496 e. The lowest BCUT2D eigenvalue weighted by molar-refractivity contribution is -0.130. The lowest BCUT2D eigenvalue weighted by Gasteiger charge is -2.23. The molecule has 0 aromatic heterocycles. The van der Waals surface area contributed by atoms with E-state index in [0.717, 1.165) is 29.4 Å². The molecule has 0 heterocycles. The molecule has 0 spiro atoms. The molecule has 1 amide bonds. The molecule has 0 atom stereocenters. The maximum Gasteiger partial charge on any atom is 0.224 e. The first kappa shape index (κ1) is 22.3. The summed E-state index contributed by atoms with van der Waals surface area (Å²) in [6.07, 6.45) is 0.376. The number of ether oxygens (including phenoxy) is 1. The molecule has 0 saturated carbocycles. The van der Waals surface area contributed by atoms with Crippen molar-refractivity contribution in [3.63, 3.8) is 0 Å². The number of nitrogens with one attached hydrogen (secondary N) is 1. The summed E-state index contributed by atoms with van der Waals surface area (Å²) in [5.74, 6) is 1.71. The van der Waals surface area contributed by atoms with Crippen LogP contribution < -0.4 is 10.1 Å². The first-order valence-electron chi connectivity index (χ1n) is 9.94. The molecule has 0 aliphatic carbocycles. The van der Waals surface area contributed by atoms with Gasteiger partial charge in [-0.2, -0.15) is 0 Å². The van der Waals surface area contributed by atoms with Gasteiger partial charge in [-0.05, 0) is 18.6 Å². The standard InChI is InChI=1S/C23H32N4O2/c1-5-24-23(27(3)18-20-13-9-10-14-21(20)29-4)25-16-15-22(28)26(2)17-19-11-7-6-8-12-19/h6-14H,5,15-18H2,1-4H3,(H,24,25). The molecule has 1 N–H and O–H groups in total. The van der Waals surface area contributed by atoms with Crippen molar-refractivity contribution in [3.8, 4) is 5.75 Å². The quantitative estimate of drug-likeness (QED) is 0.523. The Kier molecular flexibility index (Phi) is 9.02. The predicted octanol–water partition coefficient (Wildman–Crippen LogP) is 3.14. The van der Waals surface area contributed by atoms with Gasteiger partial charge >= 0.3 is 0 Å². The maximum absolute atomic E-state index is 12.4. The van der Waals surface area contributed by atoms with Crippen molar-refractivity contribution in [2.45, 2.75) is 26.4 Å². The van der Waals surface area contributed by atoms with Gasteiger partial charge in [-0.1, -0.05) is 48.5 Å². The molecule has 0 aliphatic rings. The van der Waals surface area contributed by atoms with Crippen molar-refractivity contribution >= 4 is 11.9 Å². The number of carbonyl (C=O) groups is 1. The van der Waals surface area contributed by atoms with Gasteiger partial charge in [0.2, 0.25) is 5.91 Å². The van der Waals surface area contributed by atoms with Crippen molar-refractivity contribution in [3.05, 3.63) is 65.7 Å². The molecule has 156 valence electrons. The summed E-state index contributed by atoms with van der Waals surface area (Å²) in [6.45, 7) is 4.51. The third-order valence-corrected chi connectivity index (χ3v) is 4.57. The molecular weight excluding hydrogens is 364 g/mol. The molecule has 29 heavy (non-hydrogen) atoms. The molecule has 0 radical (unpaired) electrons. The Labute approximate surface area is 174 Å². The molecule has 6 nitrogen and oxygen atoms in total. The van der Waals surface area contributed by atoms with Gasteiger partial charge in [-0.3, -0.25) is 9.79 Å². The normalized spacial score (nSPS) is 11.1. The Hall–Kier alpha value is -3.02. The summed E-state index contributed by atoms with van der Waals surface area (Å²) in [5.41, 5.74) is 2.21.